The van der Waals surface area contributed by atoms with Gasteiger partial charge >= 0.3 is 0 Å². The van der Waals surface area contributed by atoms with Crippen molar-refractivity contribution >= 4 is 43.2 Å². The lowest BCUT2D eigenvalue weighted by Crippen LogP contribution is -2.48. The Balaban J connectivity index is 1.63. The average Bonchev–Trinajstić information content (AvgIpc) is 3.05. The van der Waals surface area contributed by atoms with Gasteiger partial charge in [0.05, 0.1) is 8.68 Å². The van der Waals surface area contributed by atoms with Gasteiger partial charge in [0.15, 0.2) is 0 Å². The highest BCUT2D eigenvalue weighted by molar-refractivity contribution is 9.11. The molecule has 1 saturated heterocycles. The molecule has 1 aromatic carbocycles. The molecule has 2 aromatic rings. The molecule has 9 heteroatoms. The van der Waals surface area contributed by atoms with Gasteiger partial charge in [0, 0.05) is 49.2 Å². The van der Waals surface area contributed by atoms with Crippen LogP contribution in [-0.2, 0) is 16.6 Å². The predicted molar refractivity (Wildman–Crippen MR) is 115 cm³/mol. The molecule has 1 aromatic heterocycles. The summed E-state index contributed by atoms with van der Waals surface area (Å²) in [5, 5.41) is 0. The van der Waals surface area contributed by atoms with E-state index in [1.165, 1.54) is 17.0 Å². The third kappa shape index (κ3) is 5.42. The van der Waals surface area contributed by atoms with E-state index >= 15 is 0 Å². The van der Waals surface area contributed by atoms with Crippen LogP contribution in [0, 0.1) is 0 Å². The van der Waals surface area contributed by atoms with E-state index in [9.17, 15) is 13.2 Å². The standard InChI is InChI=1S/C19H24BrN3O3S2/c1-14(2)21-28(25,26)17-5-3-4-15(12-17)19(24)23-10-8-22(9-11-23)13-16-6-7-18(20)27-16/h3-7,12,14,21H,8-11,13H2,1-2H3. The minimum atomic E-state index is -3.62. The van der Waals surface area contributed by atoms with Crippen LogP contribution in [-0.4, -0.2) is 56.3 Å². The molecule has 0 bridgehead atoms. The summed E-state index contributed by atoms with van der Waals surface area (Å²) in [6.07, 6.45) is 0. The maximum Gasteiger partial charge on any atom is 0.253 e. The first-order valence-corrected chi connectivity index (χ1v) is 12.2. The van der Waals surface area contributed by atoms with Gasteiger partial charge in [0.2, 0.25) is 10.0 Å². The first-order chi connectivity index (χ1) is 13.2. The van der Waals surface area contributed by atoms with Crippen molar-refractivity contribution in [3.05, 3.63) is 50.6 Å². The molecule has 0 aliphatic carbocycles. The van der Waals surface area contributed by atoms with E-state index in [4.69, 9.17) is 0 Å². The van der Waals surface area contributed by atoms with E-state index in [0.29, 0.717) is 18.7 Å². The Bertz CT molecular complexity index is 935. The van der Waals surface area contributed by atoms with E-state index in [2.05, 4.69) is 37.7 Å². The number of piperazine rings is 1. The zero-order valence-electron chi connectivity index (χ0n) is 15.9. The van der Waals surface area contributed by atoms with Crippen molar-refractivity contribution in [1.82, 2.24) is 14.5 Å². The quantitative estimate of drug-likeness (QED) is 0.681. The SMILES string of the molecule is CC(C)NS(=O)(=O)c1cccc(C(=O)N2CCN(Cc3ccc(Br)s3)CC2)c1. The molecule has 0 saturated carbocycles. The zero-order valence-corrected chi connectivity index (χ0v) is 19.1. The number of carbonyl (C=O) groups excluding carboxylic acids is 1. The fourth-order valence-electron chi connectivity index (χ4n) is 3.12. The van der Waals surface area contributed by atoms with Gasteiger partial charge in [0.25, 0.3) is 5.91 Å². The fraction of sp³-hybridized carbons (Fsp3) is 0.421. The first kappa shape index (κ1) is 21.4. The lowest BCUT2D eigenvalue weighted by atomic mass is 10.2. The van der Waals surface area contributed by atoms with Gasteiger partial charge in [-0.05, 0) is 60.1 Å². The molecule has 1 amide bonds. The van der Waals surface area contributed by atoms with E-state index in [0.717, 1.165) is 23.4 Å². The Hall–Kier alpha value is -1.26. The lowest BCUT2D eigenvalue weighted by Gasteiger charge is -2.34. The van der Waals surface area contributed by atoms with Gasteiger partial charge in [0.1, 0.15) is 0 Å². The number of nitrogens with one attached hydrogen (secondary N) is 1. The number of hydrogen-bond donors (Lipinski definition) is 1. The minimum Gasteiger partial charge on any atom is -0.336 e. The second-order valence-corrected chi connectivity index (χ2v) is 11.3. The van der Waals surface area contributed by atoms with Crippen LogP contribution in [0.3, 0.4) is 0 Å². The summed E-state index contributed by atoms with van der Waals surface area (Å²) in [6.45, 7) is 7.27. The maximum absolute atomic E-state index is 12.9. The van der Waals surface area contributed by atoms with Crippen molar-refractivity contribution in [2.45, 2.75) is 31.3 Å². The highest BCUT2D eigenvalue weighted by atomic mass is 79.9. The van der Waals surface area contributed by atoms with Crippen LogP contribution in [0.25, 0.3) is 0 Å². The van der Waals surface area contributed by atoms with Gasteiger partial charge in [-0.3, -0.25) is 9.69 Å². The molecule has 0 unspecified atom stereocenters. The number of rotatable bonds is 6. The molecule has 28 heavy (non-hydrogen) atoms. The van der Waals surface area contributed by atoms with E-state index in [1.54, 1.807) is 42.2 Å². The van der Waals surface area contributed by atoms with Gasteiger partial charge < -0.3 is 4.90 Å². The highest BCUT2D eigenvalue weighted by Gasteiger charge is 2.24. The second-order valence-electron chi connectivity index (χ2n) is 7.08. The largest absolute Gasteiger partial charge is 0.336 e. The van der Waals surface area contributed by atoms with Crippen molar-refractivity contribution in [2.75, 3.05) is 26.2 Å². The molecule has 2 heterocycles. The number of sulfonamides is 1. The number of carbonyl (C=O) groups is 1. The Labute approximate surface area is 178 Å². The zero-order chi connectivity index (χ0) is 20.3. The van der Waals surface area contributed by atoms with Crippen LogP contribution in [0.2, 0.25) is 0 Å². The molecule has 0 atom stereocenters. The number of benzene rings is 1. The highest BCUT2D eigenvalue weighted by Crippen LogP contribution is 2.24. The van der Waals surface area contributed by atoms with Crippen LogP contribution in [0.4, 0.5) is 0 Å². The van der Waals surface area contributed by atoms with Crippen molar-refractivity contribution in [3.8, 4) is 0 Å². The average molecular weight is 486 g/mol. The van der Waals surface area contributed by atoms with Crippen molar-refractivity contribution < 1.29 is 13.2 Å². The number of amides is 1. The molecule has 6 nitrogen and oxygen atoms in total. The van der Waals surface area contributed by atoms with Crippen LogP contribution in [0.15, 0.2) is 45.1 Å². The monoisotopic (exact) mass is 485 g/mol. The Morgan fingerprint density at radius 2 is 1.89 bits per heavy atom. The molecule has 1 fully saturated rings. The lowest BCUT2D eigenvalue weighted by molar-refractivity contribution is 0.0629. The van der Waals surface area contributed by atoms with Gasteiger partial charge in [-0.25, -0.2) is 13.1 Å². The van der Waals surface area contributed by atoms with E-state index in [1.807, 2.05) is 0 Å². The van der Waals surface area contributed by atoms with Crippen LogP contribution in [0.5, 0.6) is 0 Å². The Morgan fingerprint density at radius 3 is 2.50 bits per heavy atom. The van der Waals surface area contributed by atoms with Gasteiger partial charge in [-0.15, -0.1) is 11.3 Å². The van der Waals surface area contributed by atoms with E-state index in [-0.39, 0.29) is 16.8 Å². The summed E-state index contributed by atoms with van der Waals surface area (Å²) in [5.41, 5.74) is 0.405. The summed E-state index contributed by atoms with van der Waals surface area (Å²) in [7, 11) is -3.62. The van der Waals surface area contributed by atoms with Crippen molar-refractivity contribution in [3.63, 3.8) is 0 Å². The second kappa shape index (κ2) is 9.04. The molecule has 1 aliphatic rings. The summed E-state index contributed by atoms with van der Waals surface area (Å²) in [5.74, 6) is -0.125. The van der Waals surface area contributed by atoms with Gasteiger partial charge in [-0.1, -0.05) is 6.07 Å². The summed E-state index contributed by atoms with van der Waals surface area (Å²) >= 11 is 5.21. The van der Waals surface area contributed by atoms with Gasteiger partial charge in [-0.2, -0.15) is 0 Å². The van der Waals surface area contributed by atoms with Crippen molar-refractivity contribution in [1.29, 1.82) is 0 Å². The van der Waals surface area contributed by atoms with Crippen LogP contribution < -0.4 is 4.72 Å². The van der Waals surface area contributed by atoms with Crippen LogP contribution >= 0.6 is 27.3 Å². The Morgan fingerprint density at radius 1 is 1.18 bits per heavy atom. The third-order valence-corrected chi connectivity index (χ3v) is 7.71. The number of hydrogen-bond acceptors (Lipinski definition) is 5. The molecule has 152 valence electrons. The first-order valence-electron chi connectivity index (χ1n) is 9.13. The fourth-order valence-corrected chi connectivity index (χ4v) is 5.95. The normalized spacial score (nSPS) is 15.9. The number of nitrogens with zero attached hydrogens (tertiary/aromatic N) is 2. The molecule has 0 spiro atoms. The molecular weight excluding hydrogens is 462 g/mol. The summed E-state index contributed by atoms with van der Waals surface area (Å²) in [4.78, 5) is 18.4. The smallest absolute Gasteiger partial charge is 0.253 e. The topological polar surface area (TPSA) is 69.7 Å². The molecular formula is C19H24BrN3O3S2. The number of halogens is 1. The molecule has 3 rings (SSSR count). The summed E-state index contributed by atoms with van der Waals surface area (Å²) < 4.78 is 28.4. The Kier molecular flexibility index (Phi) is 6.93. The minimum absolute atomic E-state index is 0.119. The third-order valence-electron chi connectivity index (χ3n) is 4.45. The van der Waals surface area contributed by atoms with Crippen molar-refractivity contribution in [2.24, 2.45) is 0 Å². The molecule has 0 radical (unpaired) electrons. The van der Waals surface area contributed by atoms with E-state index < -0.39 is 10.0 Å². The number of thiophene rings is 1. The summed E-state index contributed by atoms with van der Waals surface area (Å²) in [6, 6.07) is 10.2. The van der Waals surface area contributed by atoms with Crippen LogP contribution in [0.1, 0.15) is 29.1 Å². The predicted octanol–water partition coefficient (Wildman–Crippen LogP) is 3.16. The maximum atomic E-state index is 12.9. The molecule has 1 aliphatic heterocycles. The molecule has 1 N–H and O–H groups in total.